The van der Waals surface area contributed by atoms with E-state index in [-0.39, 0.29) is 37.4 Å². The Bertz CT molecular complexity index is 844. The van der Waals surface area contributed by atoms with Gasteiger partial charge in [0.15, 0.2) is 11.5 Å². The molecular weight excluding hydrogens is 366 g/mol. The molecule has 5 nitrogen and oxygen atoms in total. The Morgan fingerprint density at radius 1 is 0.889 bits per heavy atom. The highest BCUT2D eigenvalue weighted by Gasteiger charge is 2.31. The molecule has 1 aromatic heterocycles. The van der Waals surface area contributed by atoms with Gasteiger partial charge in [0.2, 0.25) is 0 Å². The van der Waals surface area contributed by atoms with Crippen molar-refractivity contribution >= 4 is 11.8 Å². The van der Waals surface area contributed by atoms with Crippen molar-refractivity contribution < 1.29 is 27.2 Å². The second kappa shape index (κ2) is 7.34. The Morgan fingerprint density at radius 2 is 1.44 bits per heavy atom. The number of pyridine rings is 1. The summed E-state index contributed by atoms with van der Waals surface area (Å²) >= 11 is 0. The van der Waals surface area contributed by atoms with E-state index in [1.807, 2.05) is 0 Å². The lowest BCUT2D eigenvalue weighted by Crippen LogP contribution is -2.50. The molecule has 0 saturated carbocycles. The van der Waals surface area contributed by atoms with Crippen molar-refractivity contribution in [1.82, 2.24) is 14.8 Å². The van der Waals surface area contributed by atoms with E-state index < -0.39 is 29.4 Å². The summed E-state index contributed by atoms with van der Waals surface area (Å²) in [5.74, 6) is -1.69. The van der Waals surface area contributed by atoms with Crippen LogP contribution in [-0.4, -0.2) is 52.8 Å². The zero-order chi connectivity index (χ0) is 19.6. The first-order valence-corrected chi connectivity index (χ1v) is 8.13. The molecule has 0 aliphatic carbocycles. The van der Waals surface area contributed by atoms with Crippen LogP contribution in [0.15, 0.2) is 42.6 Å². The Hall–Kier alpha value is -2.97. The predicted molar refractivity (Wildman–Crippen MR) is 87.4 cm³/mol. The molecule has 3 rings (SSSR count). The summed E-state index contributed by atoms with van der Waals surface area (Å²) in [7, 11) is 0. The summed E-state index contributed by atoms with van der Waals surface area (Å²) in [5.41, 5.74) is -0.967. The van der Waals surface area contributed by atoms with E-state index in [0.717, 1.165) is 30.3 Å². The highest BCUT2D eigenvalue weighted by Crippen LogP contribution is 2.29. The Balaban J connectivity index is 1.63. The van der Waals surface area contributed by atoms with Crippen molar-refractivity contribution in [3.8, 4) is 0 Å². The van der Waals surface area contributed by atoms with E-state index in [4.69, 9.17) is 0 Å². The number of aromatic nitrogens is 1. The quantitative estimate of drug-likeness (QED) is 0.752. The number of amides is 2. The van der Waals surface area contributed by atoms with E-state index in [1.54, 1.807) is 0 Å². The van der Waals surface area contributed by atoms with E-state index in [1.165, 1.54) is 22.1 Å². The maximum Gasteiger partial charge on any atom is 0.416 e. The van der Waals surface area contributed by atoms with E-state index in [2.05, 4.69) is 4.98 Å². The zero-order valence-electron chi connectivity index (χ0n) is 14.0. The van der Waals surface area contributed by atoms with Gasteiger partial charge in [0.05, 0.1) is 5.56 Å². The standard InChI is InChI=1S/C18H15F4N3O2/c19-14-2-1-7-23-15(14)17(27)25-10-8-24(9-11-25)16(26)12-3-5-13(6-4-12)18(20,21)22/h1-7H,8-11H2. The molecule has 0 spiro atoms. The Morgan fingerprint density at radius 3 is 1.96 bits per heavy atom. The fourth-order valence-corrected chi connectivity index (χ4v) is 2.79. The number of hydrogen-bond donors (Lipinski definition) is 0. The van der Waals surface area contributed by atoms with Gasteiger partial charge in [0.1, 0.15) is 0 Å². The summed E-state index contributed by atoms with van der Waals surface area (Å²) in [4.78, 5) is 31.3. The second-order valence-corrected chi connectivity index (χ2v) is 5.99. The molecule has 0 N–H and O–H groups in total. The fraction of sp³-hybridized carbons (Fsp3) is 0.278. The maximum absolute atomic E-state index is 13.7. The van der Waals surface area contributed by atoms with Crippen LogP contribution in [0, 0.1) is 5.82 Å². The molecule has 0 bridgehead atoms. The number of alkyl halides is 3. The predicted octanol–water partition coefficient (Wildman–Crippen LogP) is 2.84. The lowest BCUT2D eigenvalue weighted by atomic mass is 10.1. The molecular formula is C18H15F4N3O2. The smallest absolute Gasteiger partial charge is 0.335 e. The Kier molecular flexibility index (Phi) is 5.11. The van der Waals surface area contributed by atoms with Crippen LogP contribution < -0.4 is 0 Å². The minimum Gasteiger partial charge on any atom is -0.335 e. The van der Waals surface area contributed by atoms with Crippen LogP contribution in [0.4, 0.5) is 17.6 Å². The molecule has 142 valence electrons. The zero-order valence-corrected chi connectivity index (χ0v) is 14.0. The first-order valence-electron chi connectivity index (χ1n) is 8.13. The number of piperazine rings is 1. The van der Waals surface area contributed by atoms with Crippen molar-refractivity contribution in [2.75, 3.05) is 26.2 Å². The van der Waals surface area contributed by atoms with E-state index >= 15 is 0 Å². The third kappa shape index (κ3) is 4.07. The monoisotopic (exact) mass is 381 g/mol. The van der Waals surface area contributed by atoms with Gasteiger partial charge in [-0.15, -0.1) is 0 Å². The van der Waals surface area contributed by atoms with Crippen LogP contribution in [-0.2, 0) is 6.18 Å². The summed E-state index contributed by atoms with van der Waals surface area (Å²) in [6, 6.07) is 6.50. The summed E-state index contributed by atoms with van der Waals surface area (Å²) < 4.78 is 51.5. The molecule has 9 heteroatoms. The largest absolute Gasteiger partial charge is 0.416 e. The molecule has 2 aromatic rings. The number of nitrogens with zero attached hydrogens (tertiary/aromatic N) is 3. The van der Waals surface area contributed by atoms with Crippen molar-refractivity contribution in [2.45, 2.75) is 6.18 Å². The summed E-state index contributed by atoms with van der Waals surface area (Å²) in [6.07, 6.45) is -3.14. The Labute approximate surface area is 152 Å². The number of benzene rings is 1. The molecule has 0 atom stereocenters. The van der Waals surface area contributed by atoms with Crippen LogP contribution >= 0.6 is 0 Å². The summed E-state index contributed by atoms with van der Waals surface area (Å²) in [5, 5.41) is 0. The number of halogens is 4. The average molecular weight is 381 g/mol. The summed E-state index contributed by atoms with van der Waals surface area (Å²) in [6.45, 7) is 0.753. The van der Waals surface area contributed by atoms with E-state index in [9.17, 15) is 27.2 Å². The third-order valence-electron chi connectivity index (χ3n) is 4.27. The lowest BCUT2D eigenvalue weighted by molar-refractivity contribution is -0.137. The van der Waals surface area contributed by atoms with Gasteiger partial charge in [-0.3, -0.25) is 9.59 Å². The highest BCUT2D eigenvalue weighted by atomic mass is 19.4. The van der Waals surface area contributed by atoms with Gasteiger partial charge in [0.25, 0.3) is 11.8 Å². The van der Waals surface area contributed by atoms with Gasteiger partial charge in [-0.05, 0) is 36.4 Å². The molecule has 1 fully saturated rings. The third-order valence-corrected chi connectivity index (χ3v) is 4.27. The minimum absolute atomic E-state index is 0.138. The van der Waals surface area contributed by atoms with Gasteiger partial charge in [-0.2, -0.15) is 13.2 Å². The first kappa shape index (κ1) is 18.8. The number of rotatable bonds is 2. The van der Waals surface area contributed by atoms with Crippen LogP contribution in [0.5, 0.6) is 0 Å². The van der Waals surface area contributed by atoms with Gasteiger partial charge in [-0.25, -0.2) is 9.37 Å². The van der Waals surface area contributed by atoms with Crippen molar-refractivity contribution in [3.63, 3.8) is 0 Å². The highest BCUT2D eigenvalue weighted by molar-refractivity contribution is 5.95. The van der Waals surface area contributed by atoms with Gasteiger partial charge in [0, 0.05) is 37.9 Å². The topological polar surface area (TPSA) is 53.5 Å². The van der Waals surface area contributed by atoms with Gasteiger partial charge >= 0.3 is 6.18 Å². The van der Waals surface area contributed by atoms with E-state index in [0.29, 0.717) is 0 Å². The molecule has 2 heterocycles. The molecule has 0 unspecified atom stereocenters. The van der Waals surface area contributed by atoms with Gasteiger partial charge < -0.3 is 9.80 Å². The molecule has 1 aromatic carbocycles. The fourth-order valence-electron chi connectivity index (χ4n) is 2.79. The normalized spacial score (nSPS) is 15.0. The minimum atomic E-state index is -4.46. The van der Waals surface area contributed by atoms with Crippen LogP contribution in [0.2, 0.25) is 0 Å². The van der Waals surface area contributed by atoms with Crippen molar-refractivity contribution in [2.24, 2.45) is 0 Å². The van der Waals surface area contributed by atoms with Crippen LogP contribution in [0.3, 0.4) is 0 Å². The van der Waals surface area contributed by atoms with Crippen molar-refractivity contribution in [1.29, 1.82) is 0 Å². The number of carbonyl (C=O) groups is 2. The molecule has 1 aliphatic rings. The lowest BCUT2D eigenvalue weighted by Gasteiger charge is -2.34. The SMILES string of the molecule is O=C(c1ccc(C(F)(F)F)cc1)N1CCN(C(=O)c2ncccc2F)CC1. The number of hydrogen-bond acceptors (Lipinski definition) is 3. The average Bonchev–Trinajstić information content (AvgIpc) is 2.67. The number of carbonyl (C=O) groups excluding carboxylic acids is 2. The molecule has 0 radical (unpaired) electrons. The maximum atomic E-state index is 13.7. The van der Waals surface area contributed by atoms with Crippen LogP contribution in [0.1, 0.15) is 26.4 Å². The molecule has 2 amide bonds. The van der Waals surface area contributed by atoms with Gasteiger partial charge in [-0.1, -0.05) is 0 Å². The molecule has 1 saturated heterocycles. The van der Waals surface area contributed by atoms with Crippen LogP contribution in [0.25, 0.3) is 0 Å². The first-order chi connectivity index (χ1) is 12.8. The second-order valence-electron chi connectivity index (χ2n) is 5.99. The molecule has 1 aliphatic heterocycles. The van der Waals surface area contributed by atoms with Crippen molar-refractivity contribution in [3.05, 3.63) is 65.2 Å². The molecule has 27 heavy (non-hydrogen) atoms.